The molecule has 0 saturated heterocycles. The summed E-state index contributed by atoms with van der Waals surface area (Å²) >= 11 is 0. The van der Waals surface area contributed by atoms with Gasteiger partial charge in [-0.3, -0.25) is 14.4 Å². The van der Waals surface area contributed by atoms with Crippen molar-refractivity contribution in [3.05, 3.63) is 60.2 Å². The van der Waals surface area contributed by atoms with Crippen molar-refractivity contribution in [2.45, 2.75) is 20.4 Å². The van der Waals surface area contributed by atoms with Gasteiger partial charge < -0.3 is 15.1 Å². The summed E-state index contributed by atoms with van der Waals surface area (Å²) in [5.41, 5.74) is 2.27. The SMILES string of the molecule is CC(=O)Nc1ccc(N(CC(=O)N(C)Cc2ccccc2)C(C)=O)cc1. The van der Waals surface area contributed by atoms with E-state index < -0.39 is 0 Å². The zero-order chi connectivity index (χ0) is 19.1. The summed E-state index contributed by atoms with van der Waals surface area (Å²) in [4.78, 5) is 38.6. The fraction of sp³-hybridized carbons (Fsp3) is 0.250. The van der Waals surface area contributed by atoms with Gasteiger partial charge >= 0.3 is 0 Å². The van der Waals surface area contributed by atoms with Gasteiger partial charge in [0.25, 0.3) is 0 Å². The van der Waals surface area contributed by atoms with Crippen LogP contribution in [-0.4, -0.2) is 36.2 Å². The minimum Gasteiger partial charge on any atom is -0.340 e. The van der Waals surface area contributed by atoms with Crippen LogP contribution in [0.3, 0.4) is 0 Å². The zero-order valence-corrected chi connectivity index (χ0v) is 15.2. The van der Waals surface area contributed by atoms with Gasteiger partial charge in [-0.05, 0) is 29.8 Å². The van der Waals surface area contributed by atoms with Crippen LogP contribution in [-0.2, 0) is 20.9 Å². The first kappa shape index (κ1) is 19.2. The Bertz CT molecular complexity index is 773. The standard InChI is InChI=1S/C20H23N3O3/c1-15(24)21-18-9-11-19(12-10-18)23(16(2)25)14-20(26)22(3)13-17-7-5-4-6-8-17/h4-12H,13-14H2,1-3H3,(H,21,24). The minimum atomic E-state index is -0.223. The van der Waals surface area contributed by atoms with E-state index in [4.69, 9.17) is 0 Å². The van der Waals surface area contributed by atoms with Crippen molar-refractivity contribution in [3.8, 4) is 0 Å². The Morgan fingerprint density at radius 3 is 2.08 bits per heavy atom. The highest BCUT2D eigenvalue weighted by Gasteiger charge is 2.18. The van der Waals surface area contributed by atoms with Gasteiger partial charge in [-0.15, -0.1) is 0 Å². The Morgan fingerprint density at radius 1 is 0.923 bits per heavy atom. The summed E-state index contributed by atoms with van der Waals surface area (Å²) in [6, 6.07) is 16.5. The molecule has 0 aliphatic rings. The van der Waals surface area contributed by atoms with Crippen molar-refractivity contribution >= 4 is 29.1 Å². The van der Waals surface area contributed by atoms with Crippen LogP contribution in [0.4, 0.5) is 11.4 Å². The van der Waals surface area contributed by atoms with E-state index in [9.17, 15) is 14.4 Å². The second kappa shape index (κ2) is 8.80. The maximum atomic E-state index is 12.5. The van der Waals surface area contributed by atoms with Crippen molar-refractivity contribution in [1.29, 1.82) is 0 Å². The molecule has 26 heavy (non-hydrogen) atoms. The van der Waals surface area contributed by atoms with Crippen molar-refractivity contribution in [1.82, 2.24) is 4.90 Å². The summed E-state index contributed by atoms with van der Waals surface area (Å²) in [5.74, 6) is -0.549. The van der Waals surface area contributed by atoms with Crippen molar-refractivity contribution < 1.29 is 14.4 Å². The summed E-state index contributed by atoms with van der Waals surface area (Å²) < 4.78 is 0. The van der Waals surface area contributed by atoms with E-state index in [2.05, 4.69) is 5.32 Å². The van der Waals surface area contributed by atoms with Crippen LogP contribution in [0.25, 0.3) is 0 Å². The number of rotatable bonds is 6. The van der Waals surface area contributed by atoms with E-state index in [-0.39, 0.29) is 24.3 Å². The van der Waals surface area contributed by atoms with Gasteiger partial charge in [0.05, 0.1) is 0 Å². The molecule has 0 fully saturated rings. The number of likely N-dealkylation sites (N-methyl/N-ethyl adjacent to an activating group) is 1. The number of carbonyl (C=O) groups excluding carboxylic acids is 3. The molecule has 0 aliphatic heterocycles. The van der Waals surface area contributed by atoms with Crippen molar-refractivity contribution in [3.63, 3.8) is 0 Å². The molecule has 0 atom stereocenters. The van der Waals surface area contributed by atoms with Crippen molar-refractivity contribution in [2.24, 2.45) is 0 Å². The molecular formula is C20H23N3O3. The third kappa shape index (κ3) is 5.44. The van der Waals surface area contributed by atoms with Gasteiger partial charge in [0.2, 0.25) is 17.7 Å². The Balaban J connectivity index is 2.06. The smallest absolute Gasteiger partial charge is 0.242 e. The molecule has 0 unspecified atom stereocenters. The average Bonchev–Trinajstić information content (AvgIpc) is 2.60. The molecule has 1 N–H and O–H groups in total. The number of carbonyl (C=O) groups is 3. The van der Waals surface area contributed by atoms with E-state index in [0.29, 0.717) is 17.9 Å². The molecule has 2 rings (SSSR count). The molecule has 136 valence electrons. The molecule has 2 aromatic carbocycles. The molecule has 0 bridgehead atoms. The zero-order valence-electron chi connectivity index (χ0n) is 15.2. The second-order valence-electron chi connectivity index (χ2n) is 6.07. The maximum absolute atomic E-state index is 12.5. The first-order valence-corrected chi connectivity index (χ1v) is 8.30. The Morgan fingerprint density at radius 2 is 1.54 bits per heavy atom. The first-order valence-electron chi connectivity index (χ1n) is 8.30. The summed E-state index contributed by atoms with van der Waals surface area (Å²) in [6.07, 6.45) is 0. The van der Waals surface area contributed by atoms with E-state index in [1.54, 1.807) is 36.2 Å². The second-order valence-corrected chi connectivity index (χ2v) is 6.07. The van der Waals surface area contributed by atoms with Crippen LogP contribution in [0.5, 0.6) is 0 Å². The van der Waals surface area contributed by atoms with Crippen LogP contribution >= 0.6 is 0 Å². The number of hydrogen-bond donors (Lipinski definition) is 1. The minimum absolute atomic E-state index is 0.0435. The Labute approximate surface area is 153 Å². The van der Waals surface area contributed by atoms with Gasteiger partial charge in [-0.1, -0.05) is 30.3 Å². The molecule has 0 spiro atoms. The van der Waals surface area contributed by atoms with Crippen LogP contribution < -0.4 is 10.2 Å². The molecule has 6 nitrogen and oxygen atoms in total. The normalized spacial score (nSPS) is 10.1. The lowest BCUT2D eigenvalue weighted by Gasteiger charge is -2.24. The summed E-state index contributed by atoms with van der Waals surface area (Å²) in [5, 5.41) is 2.67. The highest BCUT2D eigenvalue weighted by molar-refractivity contribution is 5.97. The largest absolute Gasteiger partial charge is 0.340 e. The molecular weight excluding hydrogens is 330 g/mol. The number of amides is 3. The topological polar surface area (TPSA) is 69.7 Å². The van der Waals surface area contributed by atoms with Gasteiger partial charge in [0.15, 0.2) is 0 Å². The third-order valence-electron chi connectivity index (χ3n) is 3.86. The number of nitrogens with zero attached hydrogens (tertiary/aromatic N) is 2. The van der Waals surface area contributed by atoms with E-state index in [1.807, 2.05) is 30.3 Å². The van der Waals surface area contributed by atoms with Crippen LogP contribution in [0, 0.1) is 0 Å². The molecule has 0 aliphatic carbocycles. The third-order valence-corrected chi connectivity index (χ3v) is 3.86. The fourth-order valence-corrected chi connectivity index (χ4v) is 2.51. The van der Waals surface area contributed by atoms with E-state index in [0.717, 1.165) is 5.56 Å². The monoisotopic (exact) mass is 353 g/mol. The van der Waals surface area contributed by atoms with E-state index in [1.165, 1.54) is 18.7 Å². The molecule has 0 aromatic heterocycles. The quantitative estimate of drug-likeness (QED) is 0.868. The first-order chi connectivity index (χ1) is 12.4. The van der Waals surface area contributed by atoms with Gasteiger partial charge in [-0.2, -0.15) is 0 Å². The highest BCUT2D eigenvalue weighted by Crippen LogP contribution is 2.18. The molecule has 3 amide bonds. The Hall–Kier alpha value is -3.15. The molecule has 0 saturated carbocycles. The highest BCUT2D eigenvalue weighted by atomic mass is 16.2. The van der Waals surface area contributed by atoms with Crippen molar-refractivity contribution in [2.75, 3.05) is 23.8 Å². The van der Waals surface area contributed by atoms with Gasteiger partial charge in [-0.25, -0.2) is 0 Å². The predicted molar refractivity (Wildman–Crippen MR) is 102 cm³/mol. The molecule has 0 heterocycles. The van der Waals surface area contributed by atoms with E-state index >= 15 is 0 Å². The Kier molecular flexibility index (Phi) is 6.49. The number of nitrogens with one attached hydrogen (secondary N) is 1. The van der Waals surface area contributed by atoms with Gasteiger partial charge in [0.1, 0.15) is 6.54 Å². The molecule has 2 aromatic rings. The molecule has 6 heteroatoms. The number of hydrogen-bond acceptors (Lipinski definition) is 3. The lowest BCUT2D eigenvalue weighted by atomic mass is 10.2. The number of benzene rings is 2. The molecule has 0 radical (unpaired) electrons. The fourth-order valence-electron chi connectivity index (χ4n) is 2.51. The van der Waals surface area contributed by atoms with Crippen LogP contribution in [0.1, 0.15) is 19.4 Å². The summed E-state index contributed by atoms with van der Waals surface area (Å²) in [6.45, 7) is 3.29. The lowest BCUT2D eigenvalue weighted by Crippen LogP contribution is -2.40. The van der Waals surface area contributed by atoms with Crippen LogP contribution in [0.15, 0.2) is 54.6 Å². The van der Waals surface area contributed by atoms with Gasteiger partial charge in [0, 0.05) is 38.8 Å². The lowest BCUT2D eigenvalue weighted by molar-refractivity contribution is -0.130. The van der Waals surface area contributed by atoms with Crippen LogP contribution in [0.2, 0.25) is 0 Å². The number of anilines is 2. The predicted octanol–water partition coefficient (Wildman–Crippen LogP) is 2.66. The summed E-state index contributed by atoms with van der Waals surface area (Å²) in [7, 11) is 1.72. The maximum Gasteiger partial charge on any atom is 0.242 e. The average molecular weight is 353 g/mol.